The lowest BCUT2D eigenvalue weighted by Crippen LogP contribution is -1.92. The predicted octanol–water partition coefficient (Wildman–Crippen LogP) is 4.10. The number of benzene rings is 1. The molecule has 0 spiro atoms. The Morgan fingerprint density at radius 2 is 2.00 bits per heavy atom. The predicted molar refractivity (Wildman–Crippen MR) is 71.0 cm³/mol. The standard InChI is InChI=1S/C12H13NOS2/c1-7-8(2)11(14-3)5-4-9(7)10-6-16-12(15)13-10/h4-6H,1-3H3,(H,13,15). The number of rotatable bonds is 2. The van der Waals surface area contributed by atoms with Crippen molar-refractivity contribution in [2.45, 2.75) is 13.8 Å². The maximum Gasteiger partial charge on any atom is 0.158 e. The molecule has 0 fully saturated rings. The Labute approximate surface area is 104 Å². The van der Waals surface area contributed by atoms with Gasteiger partial charge >= 0.3 is 0 Å². The van der Waals surface area contributed by atoms with Gasteiger partial charge in [-0.2, -0.15) is 0 Å². The van der Waals surface area contributed by atoms with Gasteiger partial charge in [-0.25, -0.2) is 0 Å². The summed E-state index contributed by atoms with van der Waals surface area (Å²) in [4.78, 5) is 3.19. The number of thiazole rings is 1. The second kappa shape index (κ2) is 4.39. The Balaban J connectivity index is 2.59. The molecule has 0 aliphatic carbocycles. The van der Waals surface area contributed by atoms with Crippen LogP contribution < -0.4 is 4.74 Å². The van der Waals surface area contributed by atoms with Crippen LogP contribution in [0.3, 0.4) is 0 Å². The molecule has 0 amide bonds. The van der Waals surface area contributed by atoms with Crippen LogP contribution >= 0.6 is 23.6 Å². The monoisotopic (exact) mass is 251 g/mol. The van der Waals surface area contributed by atoms with Crippen LogP contribution in [0, 0.1) is 17.8 Å². The maximum atomic E-state index is 5.29. The Morgan fingerprint density at radius 3 is 2.56 bits per heavy atom. The van der Waals surface area contributed by atoms with Crippen molar-refractivity contribution in [2.75, 3.05) is 7.11 Å². The third-order valence-electron chi connectivity index (χ3n) is 2.77. The summed E-state index contributed by atoms with van der Waals surface area (Å²) in [5, 5.41) is 2.05. The highest BCUT2D eigenvalue weighted by Crippen LogP contribution is 2.30. The first-order valence-electron chi connectivity index (χ1n) is 4.96. The summed E-state index contributed by atoms with van der Waals surface area (Å²) < 4.78 is 6.10. The molecular weight excluding hydrogens is 238 g/mol. The van der Waals surface area contributed by atoms with Crippen molar-refractivity contribution in [3.63, 3.8) is 0 Å². The number of aromatic amines is 1. The zero-order chi connectivity index (χ0) is 11.7. The van der Waals surface area contributed by atoms with E-state index in [-0.39, 0.29) is 0 Å². The quantitative estimate of drug-likeness (QED) is 0.813. The Hall–Kier alpha value is -1.13. The van der Waals surface area contributed by atoms with Gasteiger partial charge in [0.1, 0.15) is 5.75 Å². The average molecular weight is 251 g/mol. The van der Waals surface area contributed by atoms with Crippen molar-refractivity contribution in [2.24, 2.45) is 0 Å². The third kappa shape index (κ3) is 1.90. The van der Waals surface area contributed by atoms with Crippen molar-refractivity contribution in [3.8, 4) is 17.0 Å². The number of nitrogens with one attached hydrogen (secondary N) is 1. The average Bonchev–Trinajstić information content (AvgIpc) is 2.69. The molecule has 1 aromatic carbocycles. The van der Waals surface area contributed by atoms with Crippen LogP contribution in [0.4, 0.5) is 0 Å². The minimum atomic E-state index is 0.808. The van der Waals surface area contributed by atoms with E-state index in [0.717, 1.165) is 15.4 Å². The van der Waals surface area contributed by atoms with Gasteiger partial charge in [0, 0.05) is 10.9 Å². The van der Waals surface area contributed by atoms with E-state index in [1.807, 2.05) is 6.07 Å². The summed E-state index contributed by atoms with van der Waals surface area (Å²) in [6.45, 7) is 4.17. The molecule has 1 aromatic heterocycles. The highest BCUT2D eigenvalue weighted by atomic mass is 32.1. The fourth-order valence-corrected chi connectivity index (χ4v) is 2.55. The number of H-pyrrole nitrogens is 1. The molecule has 0 saturated heterocycles. The molecule has 0 bridgehead atoms. The third-order valence-corrected chi connectivity index (χ3v) is 3.83. The smallest absolute Gasteiger partial charge is 0.158 e. The fourth-order valence-electron chi connectivity index (χ4n) is 1.72. The summed E-state index contributed by atoms with van der Waals surface area (Å²) >= 11 is 6.65. The van der Waals surface area contributed by atoms with Gasteiger partial charge in [-0.1, -0.05) is 0 Å². The summed E-state index contributed by atoms with van der Waals surface area (Å²) in [5.74, 6) is 0.926. The van der Waals surface area contributed by atoms with Crippen LogP contribution in [0.5, 0.6) is 5.75 Å². The Bertz CT molecular complexity index is 569. The Morgan fingerprint density at radius 1 is 1.25 bits per heavy atom. The normalized spacial score (nSPS) is 10.4. The topological polar surface area (TPSA) is 25.0 Å². The molecule has 4 heteroatoms. The SMILES string of the molecule is COc1ccc(-c2csc(=S)[nH]2)c(C)c1C. The van der Waals surface area contributed by atoms with Crippen molar-refractivity contribution in [3.05, 3.63) is 32.6 Å². The molecule has 84 valence electrons. The van der Waals surface area contributed by atoms with Crippen molar-refractivity contribution >= 4 is 23.6 Å². The highest BCUT2D eigenvalue weighted by Gasteiger charge is 2.09. The summed E-state index contributed by atoms with van der Waals surface area (Å²) in [7, 11) is 1.69. The van der Waals surface area contributed by atoms with Gasteiger partial charge in [-0.15, -0.1) is 11.3 Å². The lowest BCUT2D eigenvalue weighted by atomic mass is 10.0. The molecule has 0 unspecified atom stereocenters. The summed E-state index contributed by atoms with van der Waals surface area (Å²) in [5.41, 5.74) is 4.66. The maximum absolute atomic E-state index is 5.29. The van der Waals surface area contributed by atoms with Crippen LogP contribution in [-0.2, 0) is 0 Å². The van der Waals surface area contributed by atoms with Crippen molar-refractivity contribution in [1.29, 1.82) is 0 Å². The van der Waals surface area contributed by atoms with Crippen LogP contribution in [0.1, 0.15) is 11.1 Å². The van der Waals surface area contributed by atoms with Crippen LogP contribution in [0.2, 0.25) is 0 Å². The second-order valence-corrected chi connectivity index (χ2v) is 5.17. The zero-order valence-corrected chi connectivity index (χ0v) is 11.1. The summed E-state index contributed by atoms with van der Waals surface area (Å²) in [6, 6.07) is 4.06. The van der Waals surface area contributed by atoms with E-state index in [0.29, 0.717) is 0 Å². The van der Waals surface area contributed by atoms with E-state index in [2.05, 4.69) is 30.3 Å². The van der Waals surface area contributed by atoms with Gasteiger partial charge in [0.25, 0.3) is 0 Å². The largest absolute Gasteiger partial charge is 0.496 e. The summed E-state index contributed by atoms with van der Waals surface area (Å²) in [6.07, 6.45) is 0. The number of hydrogen-bond acceptors (Lipinski definition) is 3. The van der Waals surface area contributed by atoms with Crippen LogP contribution in [-0.4, -0.2) is 12.1 Å². The second-order valence-electron chi connectivity index (χ2n) is 3.63. The minimum absolute atomic E-state index is 0.808. The first kappa shape index (κ1) is 11.4. The van der Waals surface area contributed by atoms with E-state index in [1.54, 1.807) is 18.4 Å². The number of hydrogen-bond donors (Lipinski definition) is 1. The van der Waals surface area contributed by atoms with E-state index in [9.17, 15) is 0 Å². The first-order valence-corrected chi connectivity index (χ1v) is 6.24. The molecular formula is C12H13NOS2. The van der Waals surface area contributed by atoms with Gasteiger partial charge in [0.2, 0.25) is 0 Å². The Kier molecular flexibility index (Phi) is 3.12. The van der Waals surface area contributed by atoms with E-state index in [1.165, 1.54) is 16.7 Å². The number of ether oxygens (including phenoxy) is 1. The molecule has 2 rings (SSSR count). The lowest BCUT2D eigenvalue weighted by molar-refractivity contribution is 0.411. The molecule has 0 aliphatic rings. The molecule has 1 heterocycles. The van der Waals surface area contributed by atoms with E-state index >= 15 is 0 Å². The minimum Gasteiger partial charge on any atom is -0.496 e. The van der Waals surface area contributed by atoms with Gasteiger partial charge in [-0.3, -0.25) is 0 Å². The van der Waals surface area contributed by atoms with Crippen molar-refractivity contribution in [1.82, 2.24) is 4.98 Å². The number of methoxy groups -OCH3 is 1. The van der Waals surface area contributed by atoms with Gasteiger partial charge < -0.3 is 9.72 Å². The highest BCUT2D eigenvalue weighted by molar-refractivity contribution is 7.73. The van der Waals surface area contributed by atoms with Crippen LogP contribution in [0.15, 0.2) is 17.5 Å². The molecule has 0 atom stereocenters. The molecule has 2 nitrogen and oxygen atoms in total. The van der Waals surface area contributed by atoms with Gasteiger partial charge in [0.15, 0.2) is 3.95 Å². The molecule has 0 radical (unpaired) electrons. The van der Waals surface area contributed by atoms with E-state index < -0.39 is 0 Å². The van der Waals surface area contributed by atoms with Gasteiger partial charge in [0.05, 0.1) is 12.8 Å². The molecule has 16 heavy (non-hydrogen) atoms. The number of aromatic nitrogens is 1. The molecule has 1 N–H and O–H groups in total. The van der Waals surface area contributed by atoms with E-state index in [4.69, 9.17) is 17.0 Å². The zero-order valence-electron chi connectivity index (χ0n) is 9.46. The molecule has 2 aromatic rings. The van der Waals surface area contributed by atoms with Gasteiger partial charge in [-0.05, 0) is 49.3 Å². The molecule has 0 aliphatic heterocycles. The lowest BCUT2D eigenvalue weighted by Gasteiger charge is -2.11. The first-order chi connectivity index (χ1) is 7.63. The van der Waals surface area contributed by atoms with Crippen molar-refractivity contribution < 1.29 is 4.74 Å². The molecule has 0 saturated carbocycles. The van der Waals surface area contributed by atoms with Crippen LogP contribution in [0.25, 0.3) is 11.3 Å². The fraction of sp³-hybridized carbons (Fsp3) is 0.250.